The second kappa shape index (κ2) is 10.0. The van der Waals surface area contributed by atoms with E-state index in [1.54, 1.807) is 45.0 Å². The van der Waals surface area contributed by atoms with Gasteiger partial charge < -0.3 is 14.5 Å². The summed E-state index contributed by atoms with van der Waals surface area (Å²) in [6.07, 6.45) is -0.187. The number of Topliss-reactive ketones (excluding diaryl/α,β-unsaturated/α-hetero) is 2. The van der Waals surface area contributed by atoms with Crippen molar-refractivity contribution in [3.05, 3.63) is 57.4 Å². The number of aromatic amines is 1. The Bertz CT molecular complexity index is 929. The van der Waals surface area contributed by atoms with Gasteiger partial charge in [-0.05, 0) is 50.6 Å². The molecular formula is C21H22ClNO6. The molecule has 1 N–H and O–H groups in total. The predicted molar refractivity (Wildman–Crippen MR) is 107 cm³/mol. The van der Waals surface area contributed by atoms with Gasteiger partial charge in [-0.15, -0.1) is 0 Å². The molecule has 0 saturated carbocycles. The lowest BCUT2D eigenvalue weighted by molar-refractivity contribution is -0.142. The average molecular weight is 420 g/mol. The number of esters is 2. The third-order valence-corrected chi connectivity index (χ3v) is 4.53. The molecule has 0 aliphatic carbocycles. The fraction of sp³-hybridized carbons (Fsp3) is 0.333. The van der Waals surface area contributed by atoms with Crippen molar-refractivity contribution >= 4 is 35.1 Å². The number of halogens is 1. The standard InChI is InChI=1S/C21H22ClNO6/c1-4-28-21(27)19-12(2)20(23-13(19)3)17(25)11-29-18(26)10-9-16(24)14-5-7-15(22)8-6-14/h5-8,23H,4,9-11H2,1-3H3. The highest BCUT2D eigenvalue weighted by atomic mass is 35.5. The summed E-state index contributed by atoms with van der Waals surface area (Å²) in [6.45, 7) is 4.70. The van der Waals surface area contributed by atoms with Crippen LogP contribution in [0.25, 0.3) is 0 Å². The fourth-order valence-corrected chi connectivity index (χ4v) is 2.95. The molecule has 1 heterocycles. The van der Waals surface area contributed by atoms with Gasteiger partial charge in [0.15, 0.2) is 12.4 Å². The van der Waals surface area contributed by atoms with Gasteiger partial charge in [-0.3, -0.25) is 14.4 Å². The summed E-state index contributed by atoms with van der Waals surface area (Å²) in [4.78, 5) is 51.2. The molecule has 0 saturated heterocycles. The minimum Gasteiger partial charge on any atom is -0.462 e. The third-order valence-electron chi connectivity index (χ3n) is 4.28. The Labute approximate surface area is 173 Å². The maximum absolute atomic E-state index is 12.4. The lowest BCUT2D eigenvalue weighted by atomic mass is 10.1. The summed E-state index contributed by atoms with van der Waals surface area (Å²) in [6, 6.07) is 6.35. The van der Waals surface area contributed by atoms with Gasteiger partial charge in [0.05, 0.1) is 24.3 Å². The Morgan fingerprint density at radius 1 is 0.966 bits per heavy atom. The van der Waals surface area contributed by atoms with Crippen LogP contribution in [-0.4, -0.2) is 41.7 Å². The zero-order valence-electron chi connectivity index (χ0n) is 16.5. The molecule has 7 nitrogen and oxygen atoms in total. The summed E-state index contributed by atoms with van der Waals surface area (Å²) in [7, 11) is 0. The minimum atomic E-state index is -0.660. The Kier molecular flexibility index (Phi) is 7.73. The first-order valence-electron chi connectivity index (χ1n) is 9.08. The van der Waals surface area contributed by atoms with E-state index < -0.39 is 24.3 Å². The molecule has 154 valence electrons. The average Bonchev–Trinajstić information content (AvgIpc) is 2.99. The number of rotatable bonds is 9. The molecule has 0 aliphatic heterocycles. The normalized spacial score (nSPS) is 10.5. The van der Waals surface area contributed by atoms with Crippen LogP contribution >= 0.6 is 11.6 Å². The van der Waals surface area contributed by atoms with E-state index in [-0.39, 0.29) is 30.9 Å². The number of H-pyrrole nitrogens is 1. The van der Waals surface area contributed by atoms with E-state index in [1.807, 2.05) is 0 Å². The molecule has 0 spiro atoms. The van der Waals surface area contributed by atoms with Crippen molar-refractivity contribution in [2.45, 2.75) is 33.6 Å². The summed E-state index contributed by atoms with van der Waals surface area (Å²) in [5, 5.41) is 0.514. The van der Waals surface area contributed by atoms with Crippen LogP contribution in [0.5, 0.6) is 0 Å². The minimum absolute atomic E-state index is 0.0394. The highest BCUT2D eigenvalue weighted by Gasteiger charge is 2.23. The largest absolute Gasteiger partial charge is 0.462 e. The number of carbonyl (C=O) groups is 4. The van der Waals surface area contributed by atoms with Crippen molar-refractivity contribution in [1.82, 2.24) is 4.98 Å². The van der Waals surface area contributed by atoms with Gasteiger partial charge in [-0.2, -0.15) is 0 Å². The van der Waals surface area contributed by atoms with E-state index in [0.717, 1.165) is 0 Å². The van der Waals surface area contributed by atoms with Gasteiger partial charge in [0, 0.05) is 22.7 Å². The second-order valence-corrected chi connectivity index (χ2v) is 6.80. The van der Waals surface area contributed by atoms with Gasteiger partial charge >= 0.3 is 11.9 Å². The van der Waals surface area contributed by atoms with E-state index in [2.05, 4.69) is 4.98 Å². The number of aryl methyl sites for hydroxylation is 1. The summed E-state index contributed by atoms with van der Waals surface area (Å²) < 4.78 is 9.96. The number of hydrogen-bond acceptors (Lipinski definition) is 6. The number of hydrogen-bond donors (Lipinski definition) is 1. The first-order chi connectivity index (χ1) is 13.7. The Morgan fingerprint density at radius 3 is 2.24 bits per heavy atom. The van der Waals surface area contributed by atoms with Crippen molar-refractivity contribution in [2.24, 2.45) is 0 Å². The highest BCUT2D eigenvalue weighted by molar-refractivity contribution is 6.30. The molecule has 2 rings (SSSR count). The molecule has 0 fully saturated rings. The van der Waals surface area contributed by atoms with Gasteiger partial charge in [-0.1, -0.05) is 11.6 Å². The Morgan fingerprint density at radius 2 is 1.62 bits per heavy atom. The fourth-order valence-electron chi connectivity index (χ4n) is 2.82. The van der Waals surface area contributed by atoms with E-state index in [4.69, 9.17) is 21.1 Å². The molecule has 2 aromatic rings. The SMILES string of the molecule is CCOC(=O)c1c(C)[nH]c(C(=O)COC(=O)CCC(=O)c2ccc(Cl)cc2)c1C. The lowest BCUT2D eigenvalue weighted by Crippen LogP contribution is -2.16. The van der Waals surface area contributed by atoms with Crippen molar-refractivity contribution in [2.75, 3.05) is 13.2 Å². The summed E-state index contributed by atoms with van der Waals surface area (Å²) in [5.41, 5.74) is 1.89. The van der Waals surface area contributed by atoms with E-state index in [0.29, 0.717) is 27.4 Å². The van der Waals surface area contributed by atoms with Crippen molar-refractivity contribution < 1.29 is 28.7 Å². The maximum Gasteiger partial charge on any atom is 0.340 e. The van der Waals surface area contributed by atoms with Crippen LogP contribution in [0, 0.1) is 13.8 Å². The number of carbonyl (C=O) groups excluding carboxylic acids is 4. The molecular weight excluding hydrogens is 398 g/mol. The summed E-state index contributed by atoms with van der Waals surface area (Å²) in [5.74, 6) is -1.87. The van der Waals surface area contributed by atoms with E-state index in [9.17, 15) is 19.2 Å². The highest BCUT2D eigenvalue weighted by Crippen LogP contribution is 2.20. The van der Waals surface area contributed by atoms with Crippen LogP contribution < -0.4 is 0 Å². The number of aromatic nitrogens is 1. The van der Waals surface area contributed by atoms with Crippen LogP contribution in [0.2, 0.25) is 5.02 Å². The smallest absolute Gasteiger partial charge is 0.340 e. The van der Waals surface area contributed by atoms with Gasteiger partial charge in [-0.25, -0.2) is 4.79 Å². The quantitative estimate of drug-likeness (QED) is 0.489. The molecule has 0 atom stereocenters. The topological polar surface area (TPSA) is 103 Å². The van der Waals surface area contributed by atoms with Crippen molar-refractivity contribution in [3.63, 3.8) is 0 Å². The molecule has 29 heavy (non-hydrogen) atoms. The van der Waals surface area contributed by atoms with Crippen LogP contribution in [0.4, 0.5) is 0 Å². The van der Waals surface area contributed by atoms with Gasteiger partial charge in [0.25, 0.3) is 0 Å². The molecule has 0 amide bonds. The van der Waals surface area contributed by atoms with E-state index >= 15 is 0 Å². The Hall–Kier alpha value is -2.93. The van der Waals surface area contributed by atoms with Gasteiger partial charge in [0.2, 0.25) is 5.78 Å². The zero-order valence-corrected chi connectivity index (χ0v) is 17.2. The van der Waals surface area contributed by atoms with Crippen molar-refractivity contribution in [1.29, 1.82) is 0 Å². The summed E-state index contributed by atoms with van der Waals surface area (Å²) >= 11 is 5.78. The molecule has 1 aromatic heterocycles. The second-order valence-electron chi connectivity index (χ2n) is 6.36. The van der Waals surface area contributed by atoms with Crippen molar-refractivity contribution in [3.8, 4) is 0 Å². The predicted octanol–water partition coefficient (Wildman–Crippen LogP) is 3.85. The number of ether oxygens (including phenoxy) is 2. The Balaban J connectivity index is 1.89. The maximum atomic E-state index is 12.4. The number of nitrogens with one attached hydrogen (secondary N) is 1. The first-order valence-corrected chi connectivity index (χ1v) is 9.46. The molecule has 0 bridgehead atoms. The zero-order chi connectivity index (χ0) is 21.6. The molecule has 0 unspecified atom stereocenters. The van der Waals surface area contributed by atoms with Crippen LogP contribution in [0.3, 0.4) is 0 Å². The van der Waals surface area contributed by atoms with Gasteiger partial charge in [0.1, 0.15) is 0 Å². The van der Waals surface area contributed by atoms with Crippen LogP contribution in [-0.2, 0) is 14.3 Å². The monoisotopic (exact) mass is 419 g/mol. The molecule has 0 aliphatic rings. The third kappa shape index (κ3) is 5.77. The number of benzene rings is 1. The number of ketones is 2. The molecule has 0 radical (unpaired) electrons. The van der Waals surface area contributed by atoms with Crippen LogP contribution in [0.15, 0.2) is 24.3 Å². The van der Waals surface area contributed by atoms with E-state index in [1.165, 1.54) is 0 Å². The first kappa shape index (κ1) is 22.4. The lowest BCUT2D eigenvalue weighted by Gasteiger charge is -2.05. The molecule has 1 aromatic carbocycles. The van der Waals surface area contributed by atoms with Crippen LogP contribution in [0.1, 0.15) is 62.2 Å². The molecule has 8 heteroatoms.